The molecule has 0 bridgehead atoms. The summed E-state index contributed by atoms with van der Waals surface area (Å²) in [5.74, 6) is 0.744. The van der Waals surface area contributed by atoms with Crippen molar-refractivity contribution in [3.8, 4) is 5.75 Å². The molecular weight excluding hydrogens is 354 g/mol. The topological polar surface area (TPSA) is 29.5 Å². The second kappa shape index (κ2) is 8.53. The molecule has 0 unspecified atom stereocenters. The second-order valence-electron chi connectivity index (χ2n) is 5.12. The molecule has 23 heavy (non-hydrogen) atoms. The summed E-state index contributed by atoms with van der Waals surface area (Å²) in [5, 5.41) is 0. The van der Waals surface area contributed by atoms with Gasteiger partial charge >= 0.3 is 0 Å². The lowest BCUT2D eigenvalue weighted by atomic mass is 10.2. The molecule has 0 saturated heterocycles. The fourth-order valence-electron chi connectivity index (χ4n) is 2.14. The first kappa shape index (κ1) is 17.3. The van der Waals surface area contributed by atoms with E-state index in [1.165, 1.54) is 0 Å². The predicted octanol–water partition coefficient (Wildman–Crippen LogP) is 4.52. The molecule has 0 aromatic heterocycles. The van der Waals surface area contributed by atoms with Gasteiger partial charge in [-0.25, -0.2) is 0 Å². The number of hydrogen-bond donors (Lipinski definition) is 0. The van der Waals surface area contributed by atoms with Gasteiger partial charge in [0, 0.05) is 29.7 Å². The zero-order valence-corrected chi connectivity index (χ0v) is 14.9. The van der Waals surface area contributed by atoms with Crippen LogP contribution < -0.4 is 4.74 Å². The van der Waals surface area contributed by atoms with Crippen molar-refractivity contribution in [3.05, 3.63) is 70.2 Å². The van der Waals surface area contributed by atoms with Gasteiger partial charge in [-0.3, -0.25) is 4.79 Å². The second-order valence-corrected chi connectivity index (χ2v) is 6.04. The standard InChI is InChI=1S/C19H20BrNO2/c1-3-23-18-7-5-4-6-16(18)10-13-19(22)21(2)14-15-8-11-17(20)12-9-15/h4-13H,3,14H2,1-2H3/b13-10+. The molecule has 0 aliphatic heterocycles. The number of ether oxygens (including phenoxy) is 1. The Hall–Kier alpha value is -2.07. The van der Waals surface area contributed by atoms with Crippen molar-refractivity contribution in [1.82, 2.24) is 4.90 Å². The van der Waals surface area contributed by atoms with Crippen LogP contribution in [0.25, 0.3) is 6.08 Å². The summed E-state index contributed by atoms with van der Waals surface area (Å²) in [7, 11) is 1.79. The largest absolute Gasteiger partial charge is 0.493 e. The van der Waals surface area contributed by atoms with Crippen molar-refractivity contribution < 1.29 is 9.53 Å². The number of hydrogen-bond acceptors (Lipinski definition) is 2. The fourth-order valence-corrected chi connectivity index (χ4v) is 2.40. The SMILES string of the molecule is CCOc1ccccc1/C=C/C(=O)N(C)Cc1ccc(Br)cc1. The van der Waals surface area contributed by atoms with Gasteiger partial charge in [0.25, 0.3) is 0 Å². The Morgan fingerprint density at radius 2 is 1.87 bits per heavy atom. The minimum absolute atomic E-state index is 0.0424. The number of amides is 1. The van der Waals surface area contributed by atoms with Crippen LogP contribution in [0.5, 0.6) is 5.75 Å². The van der Waals surface area contributed by atoms with Crippen LogP contribution in [0.1, 0.15) is 18.1 Å². The Balaban J connectivity index is 2.01. The highest BCUT2D eigenvalue weighted by Gasteiger charge is 2.06. The summed E-state index contributed by atoms with van der Waals surface area (Å²) in [6, 6.07) is 15.6. The van der Waals surface area contributed by atoms with E-state index >= 15 is 0 Å². The first-order chi connectivity index (χ1) is 11.1. The Morgan fingerprint density at radius 3 is 2.57 bits per heavy atom. The smallest absolute Gasteiger partial charge is 0.246 e. The lowest BCUT2D eigenvalue weighted by Crippen LogP contribution is -2.24. The summed E-state index contributed by atoms with van der Waals surface area (Å²) in [4.78, 5) is 13.9. The number of benzene rings is 2. The normalized spacial score (nSPS) is 10.7. The van der Waals surface area contributed by atoms with Crippen LogP contribution in [0.3, 0.4) is 0 Å². The number of carbonyl (C=O) groups is 1. The zero-order chi connectivity index (χ0) is 16.7. The summed E-state index contributed by atoms with van der Waals surface area (Å²) < 4.78 is 6.59. The van der Waals surface area contributed by atoms with Crippen LogP contribution in [0.4, 0.5) is 0 Å². The minimum atomic E-state index is -0.0424. The highest BCUT2D eigenvalue weighted by molar-refractivity contribution is 9.10. The summed E-state index contributed by atoms with van der Waals surface area (Å²) in [6.45, 7) is 3.11. The molecule has 0 aliphatic carbocycles. The van der Waals surface area contributed by atoms with Gasteiger partial charge in [0.05, 0.1) is 6.61 Å². The van der Waals surface area contributed by atoms with Gasteiger partial charge in [0.2, 0.25) is 5.91 Å². The number of rotatable bonds is 6. The highest BCUT2D eigenvalue weighted by atomic mass is 79.9. The Labute approximate surface area is 145 Å². The summed E-state index contributed by atoms with van der Waals surface area (Å²) in [5.41, 5.74) is 1.99. The molecule has 4 heteroatoms. The third kappa shape index (κ3) is 5.25. The minimum Gasteiger partial charge on any atom is -0.493 e. The van der Waals surface area contributed by atoms with E-state index in [0.717, 1.165) is 21.3 Å². The molecule has 2 aromatic carbocycles. The van der Waals surface area contributed by atoms with Crippen molar-refractivity contribution >= 4 is 27.9 Å². The predicted molar refractivity (Wildman–Crippen MR) is 97.3 cm³/mol. The van der Waals surface area contributed by atoms with Crippen LogP contribution in [0.2, 0.25) is 0 Å². The van der Waals surface area contributed by atoms with Crippen molar-refractivity contribution in [1.29, 1.82) is 0 Å². The van der Waals surface area contributed by atoms with Gasteiger partial charge in [-0.05, 0) is 36.8 Å². The zero-order valence-electron chi connectivity index (χ0n) is 13.3. The molecule has 0 aliphatic rings. The van der Waals surface area contributed by atoms with Crippen LogP contribution in [-0.2, 0) is 11.3 Å². The molecule has 0 N–H and O–H groups in total. The lowest BCUT2D eigenvalue weighted by Gasteiger charge is -2.15. The summed E-state index contributed by atoms with van der Waals surface area (Å²) >= 11 is 3.41. The van der Waals surface area contributed by atoms with Crippen molar-refractivity contribution in [2.24, 2.45) is 0 Å². The molecule has 2 rings (SSSR count). The van der Waals surface area contributed by atoms with Crippen molar-refractivity contribution in [2.75, 3.05) is 13.7 Å². The Morgan fingerprint density at radius 1 is 1.17 bits per heavy atom. The molecule has 0 radical (unpaired) electrons. The van der Waals surface area contributed by atoms with E-state index in [1.54, 1.807) is 24.1 Å². The van der Waals surface area contributed by atoms with E-state index < -0.39 is 0 Å². The molecule has 120 valence electrons. The lowest BCUT2D eigenvalue weighted by molar-refractivity contribution is -0.125. The van der Waals surface area contributed by atoms with Gasteiger partial charge in [-0.15, -0.1) is 0 Å². The van der Waals surface area contributed by atoms with Crippen LogP contribution in [0.15, 0.2) is 59.1 Å². The van der Waals surface area contributed by atoms with Crippen LogP contribution >= 0.6 is 15.9 Å². The first-order valence-corrected chi connectivity index (χ1v) is 8.29. The molecule has 0 atom stereocenters. The van der Waals surface area contributed by atoms with Gasteiger partial charge < -0.3 is 9.64 Å². The van der Waals surface area contributed by atoms with E-state index in [2.05, 4.69) is 15.9 Å². The molecule has 0 saturated carbocycles. The van der Waals surface area contributed by atoms with Gasteiger partial charge in [0.15, 0.2) is 0 Å². The number of nitrogens with zero attached hydrogens (tertiary/aromatic N) is 1. The Kier molecular flexibility index (Phi) is 6.41. The monoisotopic (exact) mass is 373 g/mol. The average molecular weight is 374 g/mol. The summed E-state index contributed by atoms with van der Waals surface area (Å²) in [6.07, 6.45) is 3.38. The van der Waals surface area contributed by atoms with Gasteiger partial charge in [0.1, 0.15) is 5.75 Å². The van der Waals surface area contributed by atoms with E-state index in [0.29, 0.717) is 13.2 Å². The Bertz CT molecular complexity index is 680. The molecule has 1 amide bonds. The number of para-hydroxylation sites is 1. The van der Waals surface area contributed by atoms with E-state index in [4.69, 9.17) is 4.74 Å². The molecular formula is C19H20BrNO2. The van der Waals surface area contributed by atoms with E-state index in [9.17, 15) is 4.79 Å². The third-order valence-corrected chi connectivity index (χ3v) is 3.86. The molecule has 0 heterocycles. The van der Waals surface area contributed by atoms with Crippen LogP contribution in [-0.4, -0.2) is 24.5 Å². The van der Waals surface area contributed by atoms with E-state index in [1.807, 2.05) is 55.5 Å². The van der Waals surface area contributed by atoms with Gasteiger partial charge in [-0.2, -0.15) is 0 Å². The number of carbonyl (C=O) groups excluding carboxylic acids is 1. The average Bonchev–Trinajstić information content (AvgIpc) is 2.56. The van der Waals surface area contributed by atoms with Crippen molar-refractivity contribution in [2.45, 2.75) is 13.5 Å². The fraction of sp³-hybridized carbons (Fsp3) is 0.211. The highest BCUT2D eigenvalue weighted by Crippen LogP contribution is 2.19. The molecule has 2 aromatic rings. The third-order valence-electron chi connectivity index (χ3n) is 3.33. The maximum atomic E-state index is 12.2. The van der Waals surface area contributed by atoms with Crippen LogP contribution in [0, 0.1) is 0 Å². The number of halogens is 1. The maximum Gasteiger partial charge on any atom is 0.246 e. The first-order valence-electron chi connectivity index (χ1n) is 7.49. The quantitative estimate of drug-likeness (QED) is 0.696. The molecule has 0 fully saturated rings. The maximum absolute atomic E-state index is 12.2. The van der Waals surface area contributed by atoms with Gasteiger partial charge in [-0.1, -0.05) is 46.3 Å². The van der Waals surface area contributed by atoms with E-state index in [-0.39, 0.29) is 5.91 Å². The molecule has 0 spiro atoms. The van der Waals surface area contributed by atoms with Crippen molar-refractivity contribution in [3.63, 3.8) is 0 Å². The molecule has 3 nitrogen and oxygen atoms in total. The number of likely N-dealkylation sites (N-methyl/N-ethyl adjacent to an activating group) is 1.